The van der Waals surface area contributed by atoms with Crippen molar-refractivity contribution in [3.05, 3.63) is 58.2 Å². The van der Waals surface area contributed by atoms with Gasteiger partial charge in [-0.1, -0.05) is 30.9 Å². The third-order valence-electron chi connectivity index (χ3n) is 7.91. The molecule has 10 heteroatoms. The molecular formula is C31H38N8O2. The lowest BCUT2D eigenvalue weighted by Gasteiger charge is -2.34. The molecule has 3 aromatic rings. The number of hydrogen-bond donors (Lipinski definition) is 1. The van der Waals surface area contributed by atoms with E-state index in [1.165, 1.54) is 0 Å². The molecule has 0 amide bonds. The number of nitrogens with one attached hydrogen (secondary N) is 1. The van der Waals surface area contributed by atoms with Crippen molar-refractivity contribution in [3.63, 3.8) is 0 Å². The first kappa shape index (κ1) is 28.5. The van der Waals surface area contributed by atoms with E-state index < -0.39 is 0 Å². The van der Waals surface area contributed by atoms with Gasteiger partial charge in [0.1, 0.15) is 17.9 Å². The molecule has 1 aromatic carbocycles. The SMILES string of the molecule is C=C(C)c1c(/C=C\C)cccc1-n1c(C)nc2c(N3CCN[C@@H](CC#N)C3)nc(OC[C@@H]3CCCN3C)nc2c1=O. The summed E-state index contributed by atoms with van der Waals surface area (Å²) >= 11 is 0. The number of aryl methyl sites for hydroxylation is 1. The topological polar surface area (TPSA) is 112 Å². The third-order valence-corrected chi connectivity index (χ3v) is 7.91. The van der Waals surface area contributed by atoms with Crippen LogP contribution in [0.2, 0.25) is 0 Å². The number of ether oxygens (including phenoxy) is 1. The number of hydrogen-bond acceptors (Lipinski definition) is 9. The number of fused-ring (bicyclic) bond motifs is 1. The summed E-state index contributed by atoms with van der Waals surface area (Å²) < 4.78 is 7.77. The van der Waals surface area contributed by atoms with Crippen molar-refractivity contribution in [3.8, 4) is 17.8 Å². The molecule has 0 saturated carbocycles. The first-order chi connectivity index (χ1) is 19.8. The molecule has 10 nitrogen and oxygen atoms in total. The molecule has 0 aliphatic carbocycles. The molecule has 0 bridgehead atoms. The monoisotopic (exact) mass is 554 g/mol. The zero-order valence-electron chi connectivity index (χ0n) is 24.4. The molecular weight excluding hydrogens is 516 g/mol. The molecule has 2 aromatic heterocycles. The lowest BCUT2D eigenvalue weighted by molar-refractivity contribution is 0.188. The van der Waals surface area contributed by atoms with Gasteiger partial charge in [-0.3, -0.25) is 9.36 Å². The fraction of sp³-hybridized carbons (Fsp3) is 0.452. The fourth-order valence-electron chi connectivity index (χ4n) is 5.86. The van der Waals surface area contributed by atoms with Gasteiger partial charge in [-0.05, 0) is 64.4 Å². The van der Waals surface area contributed by atoms with Gasteiger partial charge >= 0.3 is 6.01 Å². The Labute approximate surface area is 241 Å². The smallest absolute Gasteiger partial charge is 0.319 e. The van der Waals surface area contributed by atoms with Crippen molar-refractivity contribution in [2.45, 2.75) is 52.1 Å². The van der Waals surface area contributed by atoms with E-state index >= 15 is 0 Å². The molecule has 0 radical (unpaired) electrons. The van der Waals surface area contributed by atoms with Gasteiger partial charge in [0.2, 0.25) is 0 Å². The summed E-state index contributed by atoms with van der Waals surface area (Å²) in [4.78, 5) is 33.0. The van der Waals surface area contributed by atoms with Crippen molar-refractivity contribution in [1.82, 2.24) is 29.7 Å². The van der Waals surface area contributed by atoms with Crippen LogP contribution in [0.3, 0.4) is 0 Å². The van der Waals surface area contributed by atoms with Crippen molar-refractivity contribution in [2.24, 2.45) is 0 Å². The summed E-state index contributed by atoms with van der Waals surface area (Å²) in [6.07, 6.45) is 6.53. The van der Waals surface area contributed by atoms with Gasteiger partial charge in [0.05, 0.1) is 18.2 Å². The van der Waals surface area contributed by atoms with Gasteiger partial charge in [0, 0.05) is 37.3 Å². The number of aromatic nitrogens is 4. The standard InChI is InChI=1S/C31H38N8O2/c1-6-9-22-10-7-12-25(26(22)20(2)3)39-21(4)34-27-28(30(39)40)35-31(41-19-24-11-8-16-37(24)5)36-29(27)38-17-15-33-23(18-38)13-14-32/h6-7,9-10,12,23-24,33H,2,8,11,13,15-19H2,1,3-5H3/b9-6-/t23-,24-/m0/s1. The number of allylic oxidation sites excluding steroid dienone is 2. The Hall–Kier alpha value is -4.07. The van der Waals surface area contributed by atoms with Crippen molar-refractivity contribution in [2.75, 3.05) is 44.7 Å². The summed E-state index contributed by atoms with van der Waals surface area (Å²) in [7, 11) is 2.09. The molecule has 2 aliphatic rings. The number of piperazine rings is 1. The Morgan fingerprint density at radius 1 is 1.27 bits per heavy atom. The second-order valence-corrected chi connectivity index (χ2v) is 10.9. The number of likely N-dealkylation sites (tertiary alicyclic amines) is 1. The Morgan fingerprint density at radius 3 is 2.80 bits per heavy atom. The molecule has 2 fully saturated rings. The third kappa shape index (κ3) is 5.73. The van der Waals surface area contributed by atoms with Crippen LogP contribution in [0.1, 0.15) is 50.1 Å². The van der Waals surface area contributed by atoms with Crippen LogP contribution in [-0.4, -0.2) is 76.3 Å². The Bertz CT molecular complexity index is 1590. The van der Waals surface area contributed by atoms with Crippen molar-refractivity contribution in [1.29, 1.82) is 5.26 Å². The maximum atomic E-state index is 14.3. The van der Waals surface area contributed by atoms with Gasteiger partial charge in [-0.25, -0.2) is 4.98 Å². The number of anilines is 1. The summed E-state index contributed by atoms with van der Waals surface area (Å²) in [5.41, 5.74) is 3.76. The van der Waals surface area contributed by atoms with Gasteiger partial charge in [-0.2, -0.15) is 15.2 Å². The second-order valence-electron chi connectivity index (χ2n) is 10.9. The molecule has 1 N–H and O–H groups in total. The Morgan fingerprint density at radius 2 is 2.10 bits per heavy atom. The van der Waals surface area contributed by atoms with Crippen LogP contribution in [0.15, 0.2) is 35.6 Å². The highest BCUT2D eigenvalue weighted by atomic mass is 16.5. The zero-order valence-corrected chi connectivity index (χ0v) is 24.4. The molecule has 214 valence electrons. The predicted octanol–water partition coefficient (Wildman–Crippen LogP) is 3.72. The Kier molecular flexibility index (Phi) is 8.47. The first-order valence-electron chi connectivity index (χ1n) is 14.2. The summed E-state index contributed by atoms with van der Waals surface area (Å²) in [5, 5.41) is 12.7. The van der Waals surface area contributed by atoms with E-state index in [1.54, 1.807) is 4.57 Å². The summed E-state index contributed by atoms with van der Waals surface area (Å²) in [6, 6.07) is 8.54. The number of nitrogens with zero attached hydrogens (tertiary/aromatic N) is 7. The largest absolute Gasteiger partial charge is 0.462 e. The van der Waals surface area contributed by atoms with Gasteiger partial charge in [0.15, 0.2) is 11.3 Å². The maximum Gasteiger partial charge on any atom is 0.319 e. The lowest BCUT2D eigenvalue weighted by atomic mass is 9.99. The minimum Gasteiger partial charge on any atom is -0.462 e. The average molecular weight is 555 g/mol. The van der Waals surface area contributed by atoms with E-state index in [2.05, 4.69) is 39.8 Å². The van der Waals surface area contributed by atoms with Crippen LogP contribution in [-0.2, 0) is 0 Å². The minimum absolute atomic E-state index is 0.00998. The quantitative estimate of drug-likeness (QED) is 0.445. The van der Waals surface area contributed by atoms with Crippen LogP contribution >= 0.6 is 0 Å². The molecule has 5 rings (SSSR count). The van der Waals surface area contributed by atoms with Crippen LogP contribution < -0.4 is 20.5 Å². The van der Waals surface area contributed by atoms with Crippen molar-refractivity contribution < 1.29 is 4.74 Å². The summed E-state index contributed by atoms with van der Waals surface area (Å²) in [6.45, 7) is 13.3. The average Bonchev–Trinajstić information content (AvgIpc) is 3.36. The van der Waals surface area contributed by atoms with E-state index in [0.29, 0.717) is 55.5 Å². The lowest BCUT2D eigenvalue weighted by Crippen LogP contribution is -2.51. The van der Waals surface area contributed by atoms with Crippen LogP contribution in [0.25, 0.3) is 28.4 Å². The predicted molar refractivity (Wildman–Crippen MR) is 162 cm³/mol. The van der Waals surface area contributed by atoms with Gasteiger partial charge in [0.25, 0.3) is 5.56 Å². The van der Waals surface area contributed by atoms with Crippen LogP contribution in [0, 0.1) is 18.3 Å². The molecule has 0 spiro atoms. The Balaban J connectivity index is 1.68. The van der Waals surface area contributed by atoms with E-state index in [4.69, 9.17) is 14.7 Å². The minimum atomic E-state index is -0.289. The van der Waals surface area contributed by atoms with E-state index in [-0.39, 0.29) is 29.2 Å². The number of rotatable bonds is 8. The number of likely N-dealkylation sites (N-methyl/N-ethyl adjacent to an activating group) is 1. The van der Waals surface area contributed by atoms with E-state index in [0.717, 1.165) is 36.1 Å². The first-order valence-corrected chi connectivity index (χ1v) is 14.2. The van der Waals surface area contributed by atoms with Gasteiger partial charge in [-0.15, -0.1) is 0 Å². The van der Waals surface area contributed by atoms with E-state index in [9.17, 15) is 10.1 Å². The maximum absolute atomic E-state index is 14.3. The highest BCUT2D eigenvalue weighted by molar-refractivity contribution is 5.86. The molecule has 0 unspecified atom stereocenters. The highest BCUT2D eigenvalue weighted by Gasteiger charge is 2.27. The van der Waals surface area contributed by atoms with Gasteiger partial charge < -0.3 is 19.9 Å². The fourth-order valence-corrected chi connectivity index (χ4v) is 5.86. The second kappa shape index (κ2) is 12.2. The zero-order chi connectivity index (χ0) is 29.1. The highest BCUT2D eigenvalue weighted by Crippen LogP contribution is 2.29. The van der Waals surface area contributed by atoms with Crippen LogP contribution in [0.4, 0.5) is 5.82 Å². The van der Waals surface area contributed by atoms with Crippen LogP contribution in [0.5, 0.6) is 6.01 Å². The number of nitriles is 1. The van der Waals surface area contributed by atoms with Crippen molar-refractivity contribution >= 4 is 28.5 Å². The summed E-state index contributed by atoms with van der Waals surface area (Å²) in [5.74, 6) is 1.08. The molecule has 2 aliphatic heterocycles. The normalized spacial score (nSPS) is 19.6. The molecule has 4 heterocycles. The molecule has 2 saturated heterocycles. The molecule has 2 atom stereocenters. The molecule has 41 heavy (non-hydrogen) atoms. The van der Waals surface area contributed by atoms with E-state index in [1.807, 2.05) is 51.1 Å². The number of benzene rings is 1.